The molecule has 0 aliphatic carbocycles. The molecule has 1 amide bonds. The number of rotatable bonds is 2. The molecule has 1 aliphatic rings. The van der Waals surface area contributed by atoms with E-state index in [-0.39, 0.29) is 11.9 Å². The zero-order valence-corrected chi connectivity index (χ0v) is 11.3. The van der Waals surface area contributed by atoms with Crippen LogP contribution in [0.3, 0.4) is 0 Å². The molecule has 0 spiro atoms. The third-order valence-electron chi connectivity index (χ3n) is 2.43. The van der Waals surface area contributed by atoms with Crippen molar-refractivity contribution in [2.75, 3.05) is 31.7 Å². The van der Waals surface area contributed by atoms with Crippen molar-refractivity contribution in [1.82, 2.24) is 5.32 Å². The highest BCUT2D eigenvalue weighted by molar-refractivity contribution is 9.10. The fourth-order valence-electron chi connectivity index (χ4n) is 1.54. The number of nitrogens with zero attached hydrogens (tertiary/aromatic N) is 1. The number of hydrogen-bond donors (Lipinski definition) is 1. The van der Waals surface area contributed by atoms with Crippen LogP contribution in [-0.4, -0.2) is 38.8 Å². The van der Waals surface area contributed by atoms with Gasteiger partial charge in [0.1, 0.15) is 6.04 Å². The van der Waals surface area contributed by atoms with Crippen molar-refractivity contribution in [2.45, 2.75) is 6.04 Å². The Hall–Kier alpha value is -0.430. The Morgan fingerprint density at radius 1 is 1.75 bits per heavy atom. The Labute approximate surface area is 107 Å². The van der Waals surface area contributed by atoms with E-state index in [1.165, 1.54) is 11.3 Å². The lowest BCUT2D eigenvalue weighted by Gasteiger charge is -2.26. The standard InChI is InChI=1S/C10H13BrN2O2S/c1-13(9-4-7(11)6-16-9)10(14)8-5-15-3-2-12-8/h4,6,8,12H,2-3,5H2,1H3. The van der Waals surface area contributed by atoms with Crippen LogP contribution in [0.2, 0.25) is 0 Å². The Bertz CT molecular complexity index is 377. The number of halogens is 1. The molecule has 1 saturated heterocycles. The minimum absolute atomic E-state index is 0.0500. The SMILES string of the molecule is CN(C(=O)C1COCCN1)c1cc(Br)cs1. The van der Waals surface area contributed by atoms with Gasteiger partial charge in [-0.15, -0.1) is 11.3 Å². The van der Waals surface area contributed by atoms with Gasteiger partial charge < -0.3 is 15.0 Å². The van der Waals surface area contributed by atoms with Gasteiger partial charge in [0.05, 0.1) is 18.2 Å². The van der Waals surface area contributed by atoms with Crippen LogP contribution in [0.15, 0.2) is 15.9 Å². The van der Waals surface area contributed by atoms with Crippen LogP contribution < -0.4 is 10.2 Å². The van der Waals surface area contributed by atoms with E-state index >= 15 is 0 Å². The fraction of sp³-hybridized carbons (Fsp3) is 0.500. The topological polar surface area (TPSA) is 41.6 Å². The summed E-state index contributed by atoms with van der Waals surface area (Å²) in [5.41, 5.74) is 0. The summed E-state index contributed by atoms with van der Waals surface area (Å²) in [7, 11) is 1.79. The lowest BCUT2D eigenvalue weighted by Crippen LogP contribution is -2.51. The molecule has 0 saturated carbocycles. The lowest BCUT2D eigenvalue weighted by molar-refractivity contribution is -0.123. The van der Waals surface area contributed by atoms with Crippen LogP contribution in [-0.2, 0) is 9.53 Å². The van der Waals surface area contributed by atoms with E-state index in [0.29, 0.717) is 13.2 Å². The lowest BCUT2D eigenvalue weighted by atomic mass is 10.2. The minimum Gasteiger partial charge on any atom is -0.378 e. The predicted molar refractivity (Wildman–Crippen MR) is 68.0 cm³/mol. The Kier molecular flexibility index (Phi) is 3.96. The van der Waals surface area contributed by atoms with Gasteiger partial charge in [0.25, 0.3) is 0 Å². The van der Waals surface area contributed by atoms with Crippen molar-refractivity contribution in [3.63, 3.8) is 0 Å². The second kappa shape index (κ2) is 5.27. The summed E-state index contributed by atoms with van der Waals surface area (Å²) in [6.07, 6.45) is 0. The molecule has 0 radical (unpaired) electrons. The van der Waals surface area contributed by atoms with Crippen LogP contribution in [0.4, 0.5) is 5.00 Å². The van der Waals surface area contributed by atoms with E-state index in [1.807, 2.05) is 11.4 Å². The molecule has 6 heteroatoms. The van der Waals surface area contributed by atoms with Crippen LogP contribution in [0.25, 0.3) is 0 Å². The first-order chi connectivity index (χ1) is 7.68. The van der Waals surface area contributed by atoms with Crippen molar-refractivity contribution < 1.29 is 9.53 Å². The zero-order valence-electron chi connectivity index (χ0n) is 8.90. The third kappa shape index (κ3) is 2.63. The number of likely N-dealkylation sites (N-methyl/N-ethyl adjacent to an activating group) is 1. The largest absolute Gasteiger partial charge is 0.378 e. The van der Waals surface area contributed by atoms with Crippen molar-refractivity contribution in [2.24, 2.45) is 0 Å². The molecule has 88 valence electrons. The summed E-state index contributed by atoms with van der Waals surface area (Å²) < 4.78 is 6.28. The van der Waals surface area contributed by atoms with Crippen LogP contribution >= 0.6 is 27.3 Å². The zero-order chi connectivity index (χ0) is 11.5. The molecule has 16 heavy (non-hydrogen) atoms. The quantitative estimate of drug-likeness (QED) is 0.899. The van der Waals surface area contributed by atoms with E-state index in [4.69, 9.17) is 4.74 Å². The smallest absolute Gasteiger partial charge is 0.246 e. The van der Waals surface area contributed by atoms with Crippen LogP contribution in [0.5, 0.6) is 0 Å². The number of ether oxygens (including phenoxy) is 1. The molecule has 1 aromatic heterocycles. The molecular formula is C10H13BrN2O2S. The molecule has 1 N–H and O–H groups in total. The van der Waals surface area contributed by atoms with Gasteiger partial charge in [-0.05, 0) is 22.0 Å². The average Bonchev–Trinajstić information content (AvgIpc) is 2.75. The first-order valence-electron chi connectivity index (χ1n) is 5.01. The van der Waals surface area contributed by atoms with Gasteiger partial charge in [0.15, 0.2) is 0 Å². The number of hydrogen-bond acceptors (Lipinski definition) is 4. The summed E-state index contributed by atoms with van der Waals surface area (Å²) in [6, 6.07) is 1.71. The Morgan fingerprint density at radius 2 is 2.56 bits per heavy atom. The van der Waals surface area contributed by atoms with Crippen molar-refractivity contribution in [3.05, 3.63) is 15.9 Å². The van der Waals surface area contributed by atoms with E-state index in [2.05, 4.69) is 21.2 Å². The Morgan fingerprint density at radius 3 is 3.12 bits per heavy atom. The summed E-state index contributed by atoms with van der Waals surface area (Å²) >= 11 is 4.92. The predicted octanol–water partition coefficient (Wildman–Crippen LogP) is 1.46. The summed E-state index contributed by atoms with van der Waals surface area (Å²) in [5.74, 6) is 0.0500. The van der Waals surface area contributed by atoms with Crippen molar-refractivity contribution in [3.8, 4) is 0 Å². The van der Waals surface area contributed by atoms with E-state index < -0.39 is 0 Å². The maximum absolute atomic E-state index is 12.1. The van der Waals surface area contributed by atoms with E-state index in [1.54, 1.807) is 11.9 Å². The molecule has 4 nitrogen and oxygen atoms in total. The summed E-state index contributed by atoms with van der Waals surface area (Å²) in [4.78, 5) is 13.8. The fourth-order valence-corrected chi connectivity index (χ4v) is 2.94. The molecule has 2 heterocycles. The number of carbonyl (C=O) groups is 1. The maximum Gasteiger partial charge on any atom is 0.246 e. The third-order valence-corrected chi connectivity index (χ3v) is 4.20. The molecule has 0 bridgehead atoms. The molecule has 2 rings (SSSR count). The van der Waals surface area contributed by atoms with Crippen LogP contribution in [0.1, 0.15) is 0 Å². The second-order valence-corrected chi connectivity index (χ2v) is 5.39. The van der Waals surface area contributed by atoms with Gasteiger partial charge >= 0.3 is 0 Å². The van der Waals surface area contributed by atoms with Crippen molar-refractivity contribution >= 4 is 38.2 Å². The normalized spacial score (nSPS) is 20.8. The monoisotopic (exact) mass is 304 g/mol. The number of amides is 1. The molecule has 1 atom stereocenters. The van der Waals surface area contributed by atoms with Gasteiger partial charge in [0, 0.05) is 23.4 Å². The summed E-state index contributed by atoms with van der Waals surface area (Å²) in [6.45, 7) is 1.87. The van der Waals surface area contributed by atoms with Gasteiger partial charge in [-0.1, -0.05) is 0 Å². The molecule has 1 aliphatic heterocycles. The second-order valence-electron chi connectivity index (χ2n) is 3.58. The number of anilines is 1. The molecular weight excluding hydrogens is 292 g/mol. The highest BCUT2D eigenvalue weighted by Crippen LogP contribution is 2.27. The number of carbonyl (C=O) groups excluding carboxylic acids is 1. The average molecular weight is 305 g/mol. The van der Waals surface area contributed by atoms with E-state index in [9.17, 15) is 4.79 Å². The Balaban J connectivity index is 2.03. The number of thiophene rings is 1. The maximum atomic E-state index is 12.1. The van der Waals surface area contributed by atoms with Crippen molar-refractivity contribution in [1.29, 1.82) is 0 Å². The highest BCUT2D eigenvalue weighted by atomic mass is 79.9. The van der Waals surface area contributed by atoms with Gasteiger partial charge in [0.2, 0.25) is 5.91 Å². The van der Waals surface area contributed by atoms with E-state index in [0.717, 1.165) is 16.0 Å². The number of nitrogens with one attached hydrogen (secondary N) is 1. The highest BCUT2D eigenvalue weighted by Gasteiger charge is 2.25. The van der Waals surface area contributed by atoms with Gasteiger partial charge in [-0.2, -0.15) is 0 Å². The van der Waals surface area contributed by atoms with Crippen LogP contribution in [0, 0.1) is 0 Å². The number of morpholine rings is 1. The molecule has 1 unspecified atom stereocenters. The molecule has 0 aromatic carbocycles. The van der Waals surface area contributed by atoms with Gasteiger partial charge in [-0.3, -0.25) is 4.79 Å². The first-order valence-corrected chi connectivity index (χ1v) is 6.68. The minimum atomic E-state index is -0.223. The molecule has 1 aromatic rings. The summed E-state index contributed by atoms with van der Waals surface area (Å²) in [5, 5.41) is 6.05. The first kappa shape index (κ1) is 12.0. The molecule has 1 fully saturated rings. The van der Waals surface area contributed by atoms with Gasteiger partial charge in [-0.25, -0.2) is 0 Å².